The number of methoxy groups -OCH3 is 1. The van der Waals surface area contributed by atoms with Crippen molar-refractivity contribution in [2.45, 2.75) is 6.92 Å². The first-order valence-corrected chi connectivity index (χ1v) is 4.79. The molecule has 0 heterocycles. The number of ketones is 1. The molecule has 0 radical (unpaired) electrons. The fraction of sp³-hybridized carbons (Fsp3) is 0.182. The fourth-order valence-corrected chi connectivity index (χ4v) is 1.30. The Kier molecular flexibility index (Phi) is 5.88. The van der Waals surface area contributed by atoms with Crippen molar-refractivity contribution in [3.05, 3.63) is 41.4 Å². The lowest BCUT2D eigenvalue weighted by Gasteiger charge is -2.04. The lowest BCUT2D eigenvalue weighted by atomic mass is 10.1. The molecule has 0 N–H and O–H groups in total. The quantitative estimate of drug-likeness (QED) is 0.599. The number of rotatable bonds is 2. The van der Waals surface area contributed by atoms with Gasteiger partial charge in [0.05, 0.1) is 12.7 Å². The van der Waals surface area contributed by atoms with Crippen molar-refractivity contribution in [3.63, 3.8) is 0 Å². The lowest BCUT2D eigenvalue weighted by molar-refractivity contribution is 0.101. The van der Waals surface area contributed by atoms with Crippen LogP contribution in [-0.4, -0.2) is 12.9 Å². The molecular formula is C11H13BrO2. The van der Waals surface area contributed by atoms with Gasteiger partial charge in [0.1, 0.15) is 5.75 Å². The van der Waals surface area contributed by atoms with Crippen LogP contribution in [0.1, 0.15) is 17.3 Å². The first-order chi connectivity index (χ1) is 6.65. The van der Waals surface area contributed by atoms with Gasteiger partial charge in [0.25, 0.3) is 0 Å². The summed E-state index contributed by atoms with van der Waals surface area (Å²) < 4.78 is 5.94. The highest BCUT2D eigenvalue weighted by Crippen LogP contribution is 2.23. The maximum atomic E-state index is 11.0. The normalized spacial score (nSPS) is 8.50. The van der Waals surface area contributed by atoms with Crippen LogP contribution in [-0.2, 0) is 0 Å². The van der Waals surface area contributed by atoms with Crippen LogP contribution in [0.3, 0.4) is 0 Å². The maximum absolute atomic E-state index is 11.0. The summed E-state index contributed by atoms with van der Waals surface area (Å²) >= 11 is 3.29. The Morgan fingerprint density at radius 3 is 2.43 bits per heavy atom. The Labute approximate surface area is 92.7 Å². The summed E-state index contributed by atoms with van der Waals surface area (Å²) in [6.45, 7) is 7.52. The van der Waals surface area contributed by atoms with Crippen molar-refractivity contribution in [1.29, 1.82) is 0 Å². The van der Waals surface area contributed by atoms with E-state index in [-0.39, 0.29) is 5.78 Å². The summed E-state index contributed by atoms with van der Waals surface area (Å²) in [7, 11) is 1.55. The second-order valence-electron chi connectivity index (χ2n) is 2.40. The number of benzene rings is 1. The SMILES string of the molecule is C=C.COc1cc(Br)ccc1C(C)=O. The summed E-state index contributed by atoms with van der Waals surface area (Å²) in [6, 6.07) is 5.33. The van der Waals surface area contributed by atoms with Crippen LogP contribution in [0.25, 0.3) is 0 Å². The topological polar surface area (TPSA) is 26.3 Å². The van der Waals surface area contributed by atoms with E-state index >= 15 is 0 Å². The molecule has 0 saturated heterocycles. The molecular weight excluding hydrogens is 244 g/mol. The predicted molar refractivity (Wildman–Crippen MR) is 62.0 cm³/mol. The van der Waals surface area contributed by atoms with Crippen LogP contribution in [0, 0.1) is 0 Å². The number of carbonyl (C=O) groups is 1. The van der Waals surface area contributed by atoms with Crippen molar-refractivity contribution in [2.75, 3.05) is 7.11 Å². The fourth-order valence-electron chi connectivity index (χ4n) is 0.956. The molecule has 2 nitrogen and oxygen atoms in total. The summed E-state index contributed by atoms with van der Waals surface area (Å²) in [5.41, 5.74) is 0.612. The van der Waals surface area contributed by atoms with Crippen molar-refractivity contribution in [2.24, 2.45) is 0 Å². The molecule has 0 aliphatic carbocycles. The van der Waals surface area contributed by atoms with Crippen molar-refractivity contribution in [1.82, 2.24) is 0 Å². The number of Topliss-reactive ketones (excluding diaryl/α,β-unsaturated/α-hetero) is 1. The van der Waals surface area contributed by atoms with Gasteiger partial charge in [-0.25, -0.2) is 0 Å². The van der Waals surface area contributed by atoms with Gasteiger partial charge >= 0.3 is 0 Å². The van der Waals surface area contributed by atoms with Crippen molar-refractivity contribution >= 4 is 21.7 Å². The third kappa shape index (κ3) is 3.34. The van der Waals surface area contributed by atoms with Gasteiger partial charge in [-0.15, -0.1) is 13.2 Å². The number of ether oxygens (including phenoxy) is 1. The first kappa shape index (κ1) is 12.9. The van der Waals surface area contributed by atoms with E-state index in [0.29, 0.717) is 11.3 Å². The van der Waals surface area contributed by atoms with E-state index in [1.165, 1.54) is 6.92 Å². The summed E-state index contributed by atoms with van der Waals surface area (Å²) in [4.78, 5) is 11.0. The minimum Gasteiger partial charge on any atom is -0.496 e. The zero-order valence-electron chi connectivity index (χ0n) is 8.34. The summed E-state index contributed by atoms with van der Waals surface area (Å²) in [5, 5.41) is 0. The van der Waals surface area contributed by atoms with Crippen LogP contribution in [0.15, 0.2) is 35.8 Å². The summed E-state index contributed by atoms with van der Waals surface area (Å²) in [5.74, 6) is 0.622. The monoisotopic (exact) mass is 256 g/mol. The third-order valence-electron chi connectivity index (χ3n) is 1.54. The molecule has 0 amide bonds. The molecule has 0 aliphatic rings. The lowest BCUT2D eigenvalue weighted by Crippen LogP contribution is -1.96. The molecule has 0 aromatic heterocycles. The zero-order chi connectivity index (χ0) is 11.1. The van der Waals surface area contributed by atoms with E-state index < -0.39 is 0 Å². The molecule has 1 rings (SSSR count). The minimum atomic E-state index is 0.0133. The molecule has 1 aromatic rings. The van der Waals surface area contributed by atoms with Gasteiger partial charge in [0.15, 0.2) is 5.78 Å². The average Bonchev–Trinajstić information content (AvgIpc) is 2.20. The molecule has 0 spiro atoms. The predicted octanol–water partition coefficient (Wildman–Crippen LogP) is 3.46. The van der Waals surface area contributed by atoms with Crippen LogP contribution in [0.5, 0.6) is 5.75 Å². The van der Waals surface area contributed by atoms with Crippen molar-refractivity contribution in [3.8, 4) is 5.75 Å². The Hall–Kier alpha value is -1.09. The second kappa shape index (κ2) is 6.38. The molecule has 14 heavy (non-hydrogen) atoms. The van der Waals surface area contributed by atoms with E-state index in [9.17, 15) is 4.79 Å². The maximum Gasteiger partial charge on any atom is 0.163 e. The standard InChI is InChI=1S/C9H9BrO2.C2H4/c1-6(11)8-4-3-7(10)5-9(8)12-2;1-2/h3-5H,1-2H3;1-2H2. The summed E-state index contributed by atoms with van der Waals surface area (Å²) in [6.07, 6.45) is 0. The molecule has 0 saturated carbocycles. The number of hydrogen-bond donors (Lipinski definition) is 0. The molecule has 0 fully saturated rings. The van der Waals surface area contributed by atoms with Crippen LogP contribution < -0.4 is 4.74 Å². The van der Waals surface area contributed by atoms with Gasteiger partial charge in [-0.1, -0.05) is 15.9 Å². The average molecular weight is 257 g/mol. The Bertz CT molecular complexity index is 321. The highest BCUT2D eigenvalue weighted by atomic mass is 79.9. The molecule has 0 atom stereocenters. The van der Waals surface area contributed by atoms with Crippen LogP contribution in [0.2, 0.25) is 0 Å². The first-order valence-electron chi connectivity index (χ1n) is 3.99. The Morgan fingerprint density at radius 1 is 1.43 bits per heavy atom. The zero-order valence-corrected chi connectivity index (χ0v) is 9.93. The van der Waals surface area contributed by atoms with Gasteiger partial charge in [0, 0.05) is 4.47 Å². The largest absolute Gasteiger partial charge is 0.496 e. The van der Waals surface area contributed by atoms with Gasteiger partial charge in [0.2, 0.25) is 0 Å². The van der Waals surface area contributed by atoms with E-state index in [4.69, 9.17) is 4.74 Å². The number of carbonyl (C=O) groups excluding carboxylic acids is 1. The third-order valence-corrected chi connectivity index (χ3v) is 2.04. The van der Waals surface area contributed by atoms with Gasteiger partial charge in [-0.3, -0.25) is 4.79 Å². The molecule has 0 unspecified atom stereocenters. The van der Waals surface area contributed by atoms with Gasteiger partial charge in [-0.05, 0) is 25.1 Å². The number of halogens is 1. The molecule has 0 aliphatic heterocycles. The van der Waals surface area contributed by atoms with Crippen LogP contribution >= 0.6 is 15.9 Å². The van der Waals surface area contributed by atoms with E-state index in [1.807, 2.05) is 6.07 Å². The number of hydrogen-bond acceptors (Lipinski definition) is 2. The highest BCUT2D eigenvalue weighted by Gasteiger charge is 2.06. The van der Waals surface area contributed by atoms with E-state index in [2.05, 4.69) is 29.1 Å². The Morgan fingerprint density at radius 2 is 2.00 bits per heavy atom. The van der Waals surface area contributed by atoms with E-state index in [1.54, 1.807) is 19.2 Å². The molecule has 0 bridgehead atoms. The highest BCUT2D eigenvalue weighted by molar-refractivity contribution is 9.10. The van der Waals surface area contributed by atoms with Gasteiger partial charge in [-0.2, -0.15) is 0 Å². The van der Waals surface area contributed by atoms with E-state index in [0.717, 1.165) is 4.47 Å². The van der Waals surface area contributed by atoms with Gasteiger partial charge < -0.3 is 4.74 Å². The molecule has 3 heteroatoms. The second-order valence-corrected chi connectivity index (χ2v) is 3.32. The smallest absolute Gasteiger partial charge is 0.163 e. The Balaban J connectivity index is 0.000000791. The van der Waals surface area contributed by atoms with Crippen molar-refractivity contribution < 1.29 is 9.53 Å². The minimum absolute atomic E-state index is 0.0133. The van der Waals surface area contributed by atoms with Crippen LogP contribution in [0.4, 0.5) is 0 Å². The molecule has 1 aromatic carbocycles. The molecule has 76 valence electrons.